The molecule has 106 valence electrons. The number of nitrogens with zero attached hydrogens (tertiary/aromatic N) is 1. The molecular weight excluding hydrogens is 253 g/mol. The SMILES string of the molecule is CCC1CC(N)CN(c2cccc(C(F)(F)F)c2)C1. The minimum atomic E-state index is -4.29. The summed E-state index contributed by atoms with van der Waals surface area (Å²) in [6.45, 7) is 3.50. The van der Waals surface area contributed by atoms with E-state index in [9.17, 15) is 13.2 Å². The number of nitrogens with two attached hydrogens (primary N) is 1. The zero-order valence-electron chi connectivity index (χ0n) is 11.0. The van der Waals surface area contributed by atoms with Gasteiger partial charge in [-0.05, 0) is 30.5 Å². The van der Waals surface area contributed by atoms with Crippen LogP contribution in [0.3, 0.4) is 0 Å². The number of benzene rings is 1. The second-order valence-corrected chi connectivity index (χ2v) is 5.22. The number of rotatable bonds is 2. The summed E-state index contributed by atoms with van der Waals surface area (Å²) in [5.41, 5.74) is 6.00. The van der Waals surface area contributed by atoms with Gasteiger partial charge in [-0.3, -0.25) is 0 Å². The summed E-state index contributed by atoms with van der Waals surface area (Å²) in [4.78, 5) is 1.97. The molecule has 1 aromatic carbocycles. The molecule has 0 aliphatic carbocycles. The fraction of sp³-hybridized carbons (Fsp3) is 0.571. The van der Waals surface area contributed by atoms with Crippen LogP contribution in [0.5, 0.6) is 0 Å². The number of alkyl halides is 3. The van der Waals surface area contributed by atoms with E-state index in [2.05, 4.69) is 6.92 Å². The van der Waals surface area contributed by atoms with Crippen LogP contribution in [-0.4, -0.2) is 19.1 Å². The molecule has 2 N–H and O–H groups in total. The molecule has 2 unspecified atom stereocenters. The first-order valence-electron chi connectivity index (χ1n) is 6.58. The highest BCUT2D eigenvalue weighted by molar-refractivity contribution is 5.50. The first-order chi connectivity index (χ1) is 8.90. The van der Waals surface area contributed by atoms with Gasteiger partial charge in [-0.2, -0.15) is 13.2 Å². The van der Waals surface area contributed by atoms with Gasteiger partial charge in [0.05, 0.1) is 5.56 Å². The lowest BCUT2D eigenvalue weighted by atomic mass is 9.92. The van der Waals surface area contributed by atoms with Crippen molar-refractivity contribution in [2.45, 2.75) is 32.0 Å². The van der Waals surface area contributed by atoms with Crippen molar-refractivity contribution in [1.29, 1.82) is 0 Å². The molecular formula is C14H19F3N2. The maximum atomic E-state index is 12.7. The third-order valence-electron chi connectivity index (χ3n) is 3.69. The molecule has 5 heteroatoms. The van der Waals surface area contributed by atoms with Crippen molar-refractivity contribution < 1.29 is 13.2 Å². The lowest BCUT2D eigenvalue weighted by molar-refractivity contribution is -0.137. The van der Waals surface area contributed by atoms with E-state index in [4.69, 9.17) is 5.73 Å². The molecule has 2 rings (SSSR count). The smallest absolute Gasteiger partial charge is 0.370 e. The zero-order valence-corrected chi connectivity index (χ0v) is 11.0. The predicted molar refractivity (Wildman–Crippen MR) is 70.0 cm³/mol. The second-order valence-electron chi connectivity index (χ2n) is 5.22. The van der Waals surface area contributed by atoms with Gasteiger partial charge in [0.15, 0.2) is 0 Å². The van der Waals surface area contributed by atoms with E-state index in [1.54, 1.807) is 6.07 Å². The van der Waals surface area contributed by atoms with Crippen LogP contribution in [0.2, 0.25) is 0 Å². The van der Waals surface area contributed by atoms with Crippen molar-refractivity contribution in [3.63, 3.8) is 0 Å². The summed E-state index contributed by atoms with van der Waals surface area (Å²) < 4.78 is 38.1. The average molecular weight is 272 g/mol. The molecule has 0 amide bonds. The van der Waals surface area contributed by atoms with Gasteiger partial charge >= 0.3 is 6.18 Å². The monoisotopic (exact) mass is 272 g/mol. The molecule has 1 heterocycles. The van der Waals surface area contributed by atoms with Gasteiger partial charge in [0.1, 0.15) is 0 Å². The van der Waals surface area contributed by atoms with Gasteiger partial charge in [-0.15, -0.1) is 0 Å². The fourth-order valence-corrected chi connectivity index (χ4v) is 2.63. The number of hydrogen-bond donors (Lipinski definition) is 1. The lowest BCUT2D eigenvalue weighted by Gasteiger charge is -2.37. The zero-order chi connectivity index (χ0) is 14.0. The third kappa shape index (κ3) is 3.41. The van der Waals surface area contributed by atoms with Crippen LogP contribution < -0.4 is 10.6 Å². The molecule has 0 radical (unpaired) electrons. The number of hydrogen-bond acceptors (Lipinski definition) is 2. The lowest BCUT2D eigenvalue weighted by Crippen LogP contribution is -2.47. The Bertz CT molecular complexity index is 431. The predicted octanol–water partition coefficient (Wildman–Crippen LogP) is 3.27. The van der Waals surface area contributed by atoms with E-state index in [1.807, 2.05) is 4.90 Å². The third-order valence-corrected chi connectivity index (χ3v) is 3.69. The van der Waals surface area contributed by atoms with E-state index in [1.165, 1.54) is 12.1 Å². The minimum absolute atomic E-state index is 0.0354. The summed E-state index contributed by atoms with van der Waals surface area (Å²) in [6.07, 6.45) is -2.34. The second kappa shape index (κ2) is 5.41. The van der Waals surface area contributed by atoms with Crippen molar-refractivity contribution in [2.24, 2.45) is 11.7 Å². The molecule has 1 aliphatic heterocycles. The topological polar surface area (TPSA) is 29.3 Å². The summed E-state index contributed by atoms with van der Waals surface area (Å²) in [7, 11) is 0. The van der Waals surface area contributed by atoms with E-state index >= 15 is 0 Å². The van der Waals surface area contributed by atoms with Gasteiger partial charge in [-0.1, -0.05) is 19.4 Å². The first-order valence-corrected chi connectivity index (χ1v) is 6.58. The van der Waals surface area contributed by atoms with E-state index in [0.29, 0.717) is 18.2 Å². The Morgan fingerprint density at radius 3 is 2.68 bits per heavy atom. The summed E-state index contributed by atoms with van der Waals surface area (Å²) in [5.74, 6) is 0.457. The van der Waals surface area contributed by atoms with Crippen LogP contribution in [0.15, 0.2) is 24.3 Å². The van der Waals surface area contributed by atoms with Crippen LogP contribution in [0.1, 0.15) is 25.3 Å². The Morgan fingerprint density at radius 2 is 2.05 bits per heavy atom. The van der Waals surface area contributed by atoms with E-state index in [-0.39, 0.29) is 6.04 Å². The van der Waals surface area contributed by atoms with Crippen LogP contribution in [-0.2, 0) is 6.18 Å². The molecule has 1 aromatic rings. The first kappa shape index (κ1) is 14.2. The average Bonchev–Trinajstić information content (AvgIpc) is 2.37. The summed E-state index contributed by atoms with van der Waals surface area (Å²) >= 11 is 0. The van der Waals surface area contributed by atoms with Gasteiger partial charge in [0, 0.05) is 24.8 Å². The molecule has 2 atom stereocenters. The molecule has 1 saturated heterocycles. The van der Waals surface area contributed by atoms with Crippen molar-refractivity contribution in [2.75, 3.05) is 18.0 Å². The Hall–Kier alpha value is -1.23. The van der Waals surface area contributed by atoms with Crippen molar-refractivity contribution >= 4 is 5.69 Å². The largest absolute Gasteiger partial charge is 0.416 e. The van der Waals surface area contributed by atoms with E-state index in [0.717, 1.165) is 25.5 Å². The normalized spacial score (nSPS) is 24.6. The highest BCUT2D eigenvalue weighted by Gasteiger charge is 2.31. The molecule has 0 saturated carbocycles. The highest BCUT2D eigenvalue weighted by Crippen LogP contribution is 2.33. The van der Waals surface area contributed by atoms with Crippen LogP contribution in [0.4, 0.5) is 18.9 Å². The minimum Gasteiger partial charge on any atom is -0.370 e. The van der Waals surface area contributed by atoms with Crippen molar-refractivity contribution in [3.8, 4) is 0 Å². The van der Waals surface area contributed by atoms with Crippen LogP contribution >= 0.6 is 0 Å². The van der Waals surface area contributed by atoms with Crippen molar-refractivity contribution in [1.82, 2.24) is 0 Å². The standard InChI is InChI=1S/C14H19F3N2/c1-2-10-6-12(18)9-19(8-10)13-5-3-4-11(7-13)14(15,16)17/h3-5,7,10,12H,2,6,8-9,18H2,1H3. The van der Waals surface area contributed by atoms with Gasteiger partial charge in [-0.25, -0.2) is 0 Å². The van der Waals surface area contributed by atoms with Crippen molar-refractivity contribution in [3.05, 3.63) is 29.8 Å². The summed E-state index contributed by atoms with van der Waals surface area (Å²) in [5, 5.41) is 0. The summed E-state index contributed by atoms with van der Waals surface area (Å²) in [6, 6.07) is 5.53. The molecule has 0 spiro atoms. The molecule has 2 nitrogen and oxygen atoms in total. The Morgan fingerprint density at radius 1 is 1.32 bits per heavy atom. The van der Waals surface area contributed by atoms with Crippen LogP contribution in [0.25, 0.3) is 0 Å². The number of halogens is 3. The van der Waals surface area contributed by atoms with E-state index < -0.39 is 11.7 Å². The Labute approximate surface area is 111 Å². The maximum Gasteiger partial charge on any atom is 0.416 e. The number of piperidine rings is 1. The fourth-order valence-electron chi connectivity index (χ4n) is 2.63. The molecule has 1 fully saturated rings. The quantitative estimate of drug-likeness (QED) is 0.895. The van der Waals surface area contributed by atoms with Crippen LogP contribution in [0, 0.1) is 5.92 Å². The highest BCUT2D eigenvalue weighted by atomic mass is 19.4. The van der Waals surface area contributed by atoms with Gasteiger partial charge in [0.25, 0.3) is 0 Å². The molecule has 19 heavy (non-hydrogen) atoms. The molecule has 1 aliphatic rings. The molecule has 0 aromatic heterocycles. The van der Waals surface area contributed by atoms with Gasteiger partial charge < -0.3 is 10.6 Å². The molecule has 0 bridgehead atoms. The maximum absolute atomic E-state index is 12.7. The number of anilines is 1. The van der Waals surface area contributed by atoms with Gasteiger partial charge in [0.2, 0.25) is 0 Å². The Kier molecular flexibility index (Phi) is 4.04. The Balaban J connectivity index is 2.21.